The maximum atomic E-state index is 5.56. The maximum Gasteiger partial charge on any atom is 0.101 e. The molecular weight excluding hydrogens is 765 g/mol. The first-order valence-electron chi connectivity index (χ1n) is 21.6. The molecule has 10 aromatic carbocycles. The van der Waals surface area contributed by atoms with Crippen molar-refractivity contribution in [2.24, 2.45) is 0 Å². The fraction of sp³-hybridized carbons (Fsp3) is 0. The lowest BCUT2D eigenvalue weighted by atomic mass is 9.85. The standard InChI is InChI=1S/C59H38N4/c1-4-20-39(21-5-1)56-55(49-30-10-11-31-50(49)59-57(56)58(40-22-6-2-7-23-40)60-63(59)42-24-8-3-9-25-42)41-36-43(61-51-32-16-12-26-45(51)46-27-13-17-33-52(46)61)38-44(37-41)62-53-34-18-14-28-47(53)48-29-15-19-35-54(48)62/h1-38H. The molecule has 3 aromatic heterocycles. The van der Waals surface area contributed by atoms with Crippen LogP contribution in [0.4, 0.5) is 0 Å². The van der Waals surface area contributed by atoms with Gasteiger partial charge < -0.3 is 9.13 Å². The average Bonchev–Trinajstić information content (AvgIpc) is 4.03. The highest BCUT2D eigenvalue weighted by atomic mass is 15.3. The molecule has 3 heterocycles. The third kappa shape index (κ3) is 5.38. The quantitative estimate of drug-likeness (QED) is 0.165. The average molecular weight is 803 g/mol. The van der Waals surface area contributed by atoms with Gasteiger partial charge in [-0.15, -0.1) is 0 Å². The molecule has 0 aliphatic carbocycles. The Kier molecular flexibility index (Phi) is 7.87. The Morgan fingerprint density at radius 1 is 0.286 bits per heavy atom. The van der Waals surface area contributed by atoms with Gasteiger partial charge in [0.05, 0.1) is 33.3 Å². The monoisotopic (exact) mass is 802 g/mol. The molecule has 0 fully saturated rings. The summed E-state index contributed by atoms with van der Waals surface area (Å²) < 4.78 is 7.07. The smallest absolute Gasteiger partial charge is 0.101 e. The third-order valence-corrected chi connectivity index (χ3v) is 12.8. The molecule has 4 heteroatoms. The molecule has 0 saturated carbocycles. The van der Waals surface area contributed by atoms with Gasteiger partial charge in [-0.05, 0) is 76.7 Å². The summed E-state index contributed by atoms with van der Waals surface area (Å²) in [4.78, 5) is 0. The van der Waals surface area contributed by atoms with Crippen molar-refractivity contribution in [3.05, 3.63) is 231 Å². The zero-order chi connectivity index (χ0) is 41.4. The Hall–Kier alpha value is -8.47. The molecule has 63 heavy (non-hydrogen) atoms. The van der Waals surface area contributed by atoms with E-state index < -0.39 is 0 Å². The van der Waals surface area contributed by atoms with Crippen LogP contribution in [0.3, 0.4) is 0 Å². The fourth-order valence-corrected chi connectivity index (χ4v) is 10.2. The van der Waals surface area contributed by atoms with Gasteiger partial charge in [-0.1, -0.05) is 176 Å². The maximum absolute atomic E-state index is 5.56. The summed E-state index contributed by atoms with van der Waals surface area (Å²) in [5.41, 5.74) is 15.5. The van der Waals surface area contributed by atoms with E-state index in [1.807, 2.05) is 0 Å². The van der Waals surface area contributed by atoms with E-state index >= 15 is 0 Å². The Labute approximate surface area is 363 Å². The van der Waals surface area contributed by atoms with Crippen LogP contribution in [-0.2, 0) is 0 Å². The van der Waals surface area contributed by atoms with Crippen molar-refractivity contribution in [3.8, 4) is 50.6 Å². The fourth-order valence-electron chi connectivity index (χ4n) is 10.2. The molecular formula is C59H38N4. The normalized spacial score (nSPS) is 11.8. The second-order valence-corrected chi connectivity index (χ2v) is 16.3. The Morgan fingerprint density at radius 3 is 1.17 bits per heavy atom. The van der Waals surface area contributed by atoms with Gasteiger partial charge in [-0.3, -0.25) is 0 Å². The SMILES string of the molecule is c1ccc(-c2nn(-c3ccccc3)c3c2c(-c2ccccc2)c(-c2cc(-n4c5ccccc5c5ccccc54)cc(-n4c5ccccc5c5ccccc54)c2)c2ccccc23)cc1. The highest BCUT2D eigenvalue weighted by molar-refractivity contribution is 6.24. The molecule has 13 rings (SSSR count). The molecule has 0 amide bonds. The number of benzene rings is 10. The zero-order valence-corrected chi connectivity index (χ0v) is 34.2. The first kappa shape index (κ1) is 35.3. The number of rotatable bonds is 6. The first-order valence-corrected chi connectivity index (χ1v) is 21.6. The van der Waals surface area contributed by atoms with E-state index in [2.05, 4.69) is 244 Å². The van der Waals surface area contributed by atoms with Crippen LogP contribution in [0.15, 0.2) is 231 Å². The molecule has 0 saturated heterocycles. The molecule has 0 spiro atoms. The van der Waals surface area contributed by atoms with Crippen LogP contribution in [0, 0.1) is 0 Å². The topological polar surface area (TPSA) is 27.7 Å². The lowest BCUT2D eigenvalue weighted by molar-refractivity contribution is 0.918. The molecule has 294 valence electrons. The van der Waals surface area contributed by atoms with E-state index in [9.17, 15) is 0 Å². The van der Waals surface area contributed by atoms with Crippen LogP contribution in [-0.4, -0.2) is 18.9 Å². The van der Waals surface area contributed by atoms with Crippen molar-refractivity contribution in [1.82, 2.24) is 18.9 Å². The van der Waals surface area contributed by atoms with Gasteiger partial charge in [0, 0.05) is 54.8 Å². The van der Waals surface area contributed by atoms with Crippen molar-refractivity contribution in [2.75, 3.05) is 0 Å². The van der Waals surface area contributed by atoms with Crippen molar-refractivity contribution >= 4 is 65.3 Å². The Morgan fingerprint density at radius 2 is 0.683 bits per heavy atom. The Balaban J connectivity index is 1.24. The number of aromatic nitrogens is 4. The number of fused-ring (bicyclic) bond motifs is 9. The molecule has 0 radical (unpaired) electrons. The van der Waals surface area contributed by atoms with Gasteiger partial charge in [0.2, 0.25) is 0 Å². The lowest BCUT2D eigenvalue weighted by Gasteiger charge is -2.21. The lowest BCUT2D eigenvalue weighted by Crippen LogP contribution is -2.01. The van der Waals surface area contributed by atoms with E-state index in [0.29, 0.717) is 0 Å². The highest BCUT2D eigenvalue weighted by Crippen LogP contribution is 2.49. The van der Waals surface area contributed by atoms with Crippen molar-refractivity contribution in [2.45, 2.75) is 0 Å². The number of para-hydroxylation sites is 5. The molecule has 0 atom stereocenters. The van der Waals surface area contributed by atoms with Crippen LogP contribution in [0.2, 0.25) is 0 Å². The van der Waals surface area contributed by atoms with Crippen molar-refractivity contribution in [3.63, 3.8) is 0 Å². The van der Waals surface area contributed by atoms with Crippen molar-refractivity contribution < 1.29 is 0 Å². The van der Waals surface area contributed by atoms with Crippen LogP contribution in [0.5, 0.6) is 0 Å². The molecule has 0 aliphatic heterocycles. The van der Waals surface area contributed by atoms with Gasteiger partial charge >= 0.3 is 0 Å². The molecule has 4 nitrogen and oxygen atoms in total. The summed E-state index contributed by atoms with van der Waals surface area (Å²) in [7, 11) is 0. The molecule has 0 bridgehead atoms. The number of hydrogen-bond donors (Lipinski definition) is 0. The van der Waals surface area contributed by atoms with Gasteiger partial charge in [-0.25, -0.2) is 4.68 Å². The second-order valence-electron chi connectivity index (χ2n) is 16.3. The van der Waals surface area contributed by atoms with E-state index in [1.165, 1.54) is 49.2 Å². The largest absolute Gasteiger partial charge is 0.309 e. The van der Waals surface area contributed by atoms with E-state index in [-0.39, 0.29) is 0 Å². The van der Waals surface area contributed by atoms with Crippen molar-refractivity contribution in [1.29, 1.82) is 0 Å². The summed E-state index contributed by atoms with van der Waals surface area (Å²) in [5.74, 6) is 0. The first-order chi connectivity index (χ1) is 31.3. The van der Waals surface area contributed by atoms with E-state index in [1.54, 1.807) is 0 Å². The van der Waals surface area contributed by atoms with Crippen LogP contribution < -0.4 is 0 Å². The van der Waals surface area contributed by atoms with Gasteiger partial charge in [0.25, 0.3) is 0 Å². The third-order valence-electron chi connectivity index (χ3n) is 12.8. The molecule has 0 unspecified atom stereocenters. The summed E-state index contributed by atoms with van der Waals surface area (Å²) in [6.07, 6.45) is 0. The van der Waals surface area contributed by atoms with E-state index in [0.717, 1.165) is 66.7 Å². The zero-order valence-electron chi connectivity index (χ0n) is 34.2. The van der Waals surface area contributed by atoms with Gasteiger partial charge in [0.15, 0.2) is 0 Å². The minimum absolute atomic E-state index is 0.946. The minimum Gasteiger partial charge on any atom is -0.309 e. The summed E-state index contributed by atoms with van der Waals surface area (Å²) in [6, 6.07) is 83.5. The van der Waals surface area contributed by atoms with Gasteiger partial charge in [0.1, 0.15) is 5.69 Å². The molecule has 0 aliphatic rings. The summed E-state index contributed by atoms with van der Waals surface area (Å²) in [5, 5.41) is 13.9. The Bertz CT molecular complexity index is 3650. The van der Waals surface area contributed by atoms with E-state index in [4.69, 9.17) is 5.10 Å². The van der Waals surface area contributed by atoms with Gasteiger partial charge in [-0.2, -0.15) is 5.10 Å². The predicted octanol–water partition coefficient (Wildman–Crippen LogP) is 15.4. The number of hydrogen-bond acceptors (Lipinski definition) is 1. The minimum atomic E-state index is 0.946. The van der Waals surface area contributed by atoms with Crippen LogP contribution >= 0.6 is 0 Å². The predicted molar refractivity (Wildman–Crippen MR) is 264 cm³/mol. The van der Waals surface area contributed by atoms with Crippen LogP contribution in [0.1, 0.15) is 0 Å². The second kappa shape index (κ2) is 14.1. The summed E-state index contributed by atoms with van der Waals surface area (Å²) >= 11 is 0. The summed E-state index contributed by atoms with van der Waals surface area (Å²) in [6.45, 7) is 0. The molecule has 0 N–H and O–H groups in total. The number of nitrogens with zero attached hydrogens (tertiary/aromatic N) is 4. The highest BCUT2D eigenvalue weighted by Gasteiger charge is 2.27. The molecule has 13 aromatic rings. The van der Waals surface area contributed by atoms with Crippen LogP contribution in [0.25, 0.3) is 116 Å².